The highest BCUT2D eigenvalue weighted by atomic mass is 31.2. The van der Waals surface area contributed by atoms with Gasteiger partial charge in [-0.25, -0.2) is 4.57 Å². The highest BCUT2D eigenvalue weighted by Gasteiger charge is 2.41. The van der Waals surface area contributed by atoms with Gasteiger partial charge in [0.25, 0.3) is 0 Å². The molecule has 0 saturated carbocycles. The van der Waals surface area contributed by atoms with Crippen LogP contribution >= 0.6 is 7.75 Å². The number of aliphatic hydroxyl groups excluding tert-OH is 1. The molecule has 0 aromatic heterocycles. The zero-order chi connectivity index (χ0) is 24.7. The average Bonchev–Trinajstić information content (AvgIpc) is 3.16. The van der Waals surface area contributed by atoms with E-state index in [2.05, 4.69) is 11.0 Å². The second-order valence-corrected chi connectivity index (χ2v) is 9.25. The molecule has 0 radical (unpaired) electrons. The Hall–Kier alpha value is -3.00. The largest absolute Gasteiger partial charge is 0.459 e. The normalized spacial score (nSPS) is 24.9. The third-order valence-electron chi connectivity index (χ3n) is 4.93. The molecular formula is C22H25N2O9P. The SMILES string of the molecule is C#CCOC(=O)[C@H](C)N[P@](=O)(OC[C@@H]1O[C@H](N2C=CC(=O)CC2=O)C[C@H]1O)Oc1ccccc1. The summed E-state index contributed by atoms with van der Waals surface area (Å²) in [6.45, 7) is 0.760. The molecule has 0 aliphatic carbocycles. The molecule has 1 saturated heterocycles. The first-order valence-electron chi connectivity index (χ1n) is 10.4. The van der Waals surface area contributed by atoms with E-state index in [0.717, 1.165) is 0 Å². The van der Waals surface area contributed by atoms with Gasteiger partial charge in [0.15, 0.2) is 12.4 Å². The number of nitrogens with zero attached hydrogens (tertiary/aromatic N) is 1. The Morgan fingerprint density at radius 3 is 2.79 bits per heavy atom. The van der Waals surface area contributed by atoms with E-state index >= 15 is 0 Å². The van der Waals surface area contributed by atoms with Gasteiger partial charge in [0, 0.05) is 12.6 Å². The number of ketones is 1. The first-order chi connectivity index (χ1) is 16.2. The number of rotatable bonds is 10. The van der Waals surface area contributed by atoms with Crippen LogP contribution in [0.4, 0.5) is 0 Å². The summed E-state index contributed by atoms with van der Waals surface area (Å²) in [6.07, 6.45) is 4.60. The van der Waals surface area contributed by atoms with Gasteiger partial charge in [-0.15, -0.1) is 6.42 Å². The van der Waals surface area contributed by atoms with Gasteiger partial charge in [-0.1, -0.05) is 24.1 Å². The van der Waals surface area contributed by atoms with Crippen molar-refractivity contribution in [2.75, 3.05) is 13.2 Å². The van der Waals surface area contributed by atoms with Gasteiger partial charge in [0.2, 0.25) is 5.91 Å². The molecule has 1 fully saturated rings. The number of carbonyl (C=O) groups is 3. The summed E-state index contributed by atoms with van der Waals surface area (Å²) in [5, 5.41) is 12.9. The van der Waals surface area contributed by atoms with E-state index in [9.17, 15) is 24.1 Å². The maximum atomic E-state index is 13.5. The van der Waals surface area contributed by atoms with Crippen molar-refractivity contribution in [3.63, 3.8) is 0 Å². The van der Waals surface area contributed by atoms with Gasteiger partial charge in [-0.2, -0.15) is 5.09 Å². The van der Waals surface area contributed by atoms with Gasteiger partial charge >= 0.3 is 13.7 Å². The molecule has 2 N–H and O–H groups in total. The minimum absolute atomic E-state index is 0.0599. The summed E-state index contributed by atoms with van der Waals surface area (Å²) in [5.41, 5.74) is 0. The smallest absolute Gasteiger partial charge is 0.451 e. The van der Waals surface area contributed by atoms with Crippen molar-refractivity contribution in [1.82, 2.24) is 9.99 Å². The second kappa shape index (κ2) is 11.4. The Morgan fingerprint density at radius 1 is 1.38 bits per heavy atom. The Balaban J connectivity index is 1.67. The number of nitrogens with one attached hydrogen (secondary N) is 1. The number of carbonyl (C=O) groups excluding carboxylic acids is 3. The second-order valence-electron chi connectivity index (χ2n) is 7.55. The van der Waals surface area contributed by atoms with E-state index < -0.39 is 44.1 Å². The quantitative estimate of drug-likeness (QED) is 0.211. The standard InChI is InChI=1S/C22H25N2O9P/c1-3-11-30-22(28)15(2)23-34(29,33-17-7-5-4-6-8-17)31-14-19-18(26)13-21(32-19)24-10-9-16(25)12-20(24)27/h1,4-10,15,18-19,21,26H,11-14H2,2H3,(H,23,29)/t15-,18+,19-,21-,34-/m0/s1. The minimum Gasteiger partial charge on any atom is -0.451 e. The fourth-order valence-electron chi connectivity index (χ4n) is 3.25. The topological polar surface area (TPSA) is 141 Å². The van der Waals surface area contributed by atoms with Crippen LogP contribution < -0.4 is 9.61 Å². The summed E-state index contributed by atoms with van der Waals surface area (Å²) >= 11 is 0. The molecule has 1 aromatic rings. The monoisotopic (exact) mass is 492 g/mol. The lowest BCUT2D eigenvalue weighted by molar-refractivity contribution is -0.144. The Morgan fingerprint density at radius 2 is 2.12 bits per heavy atom. The highest BCUT2D eigenvalue weighted by Crippen LogP contribution is 2.45. The lowest BCUT2D eigenvalue weighted by Gasteiger charge is -2.27. The Kier molecular flexibility index (Phi) is 8.61. The molecule has 1 amide bonds. The molecule has 2 heterocycles. The number of hydrogen-bond donors (Lipinski definition) is 2. The molecule has 34 heavy (non-hydrogen) atoms. The summed E-state index contributed by atoms with van der Waals surface area (Å²) in [7, 11) is -4.17. The number of amides is 1. The van der Waals surface area contributed by atoms with Crippen molar-refractivity contribution in [3.05, 3.63) is 42.6 Å². The predicted molar refractivity (Wildman–Crippen MR) is 118 cm³/mol. The molecule has 2 aliphatic rings. The molecule has 182 valence electrons. The first-order valence-corrected chi connectivity index (χ1v) is 12.0. The van der Waals surface area contributed by atoms with E-state index in [1.54, 1.807) is 30.3 Å². The summed E-state index contributed by atoms with van der Waals surface area (Å²) in [6, 6.07) is 7.05. The van der Waals surface area contributed by atoms with Crippen LogP contribution in [-0.2, 0) is 32.9 Å². The average molecular weight is 492 g/mol. The lowest BCUT2D eigenvalue weighted by atomic mass is 10.1. The Labute approximate surface area is 196 Å². The van der Waals surface area contributed by atoms with Crippen LogP contribution in [0.25, 0.3) is 0 Å². The van der Waals surface area contributed by atoms with Crippen LogP contribution in [0.3, 0.4) is 0 Å². The van der Waals surface area contributed by atoms with Gasteiger partial charge in [-0.3, -0.25) is 23.8 Å². The third kappa shape index (κ3) is 6.76. The van der Waals surface area contributed by atoms with Crippen LogP contribution in [0.2, 0.25) is 0 Å². The molecule has 2 aliphatic heterocycles. The van der Waals surface area contributed by atoms with Crippen LogP contribution in [0.15, 0.2) is 42.6 Å². The first kappa shape index (κ1) is 25.6. The van der Waals surface area contributed by atoms with E-state index in [-0.39, 0.29) is 37.6 Å². The molecular weight excluding hydrogens is 467 g/mol. The van der Waals surface area contributed by atoms with Gasteiger partial charge in [0.05, 0.1) is 19.1 Å². The van der Waals surface area contributed by atoms with Crippen LogP contribution in [0.5, 0.6) is 5.75 Å². The molecule has 12 heteroatoms. The lowest BCUT2D eigenvalue weighted by Crippen LogP contribution is -2.39. The molecule has 3 rings (SSSR count). The van der Waals surface area contributed by atoms with Crippen LogP contribution in [-0.4, -0.2) is 65.4 Å². The predicted octanol–water partition coefficient (Wildman–Crippen LogP) is 1.14. The molecule has 5 atom stereocenters. The van der Waals surface area contributed by atoms with Gasteiger partial charge in [-0.05, 0) is 25.1 Å². The van der Waals surface area contributed by atoms with E-state index in [1.165, 1.54) is 24.1 Å². The van der Waals surface area contributed by atoms with Crippen molar-refractivity contribution in [3.8, 4) is 18.1 Å². The number of esters is 1. The van der Waals surface area contributed by atoms with Crippen LogP contribution in [0, 0.1) is 12.3 Å². The molecule has 0 spiro atoms. The van der Waals surface area contributed by atoms with E-state index in [1.807, 2.05) is 0 Å². The third-order valence-corrected chi connectivity index (χ3v) is 6.57. The fourth-order valence-corrected chi connectivity index (χ4v) is 4.75. The maximum Gasteiger partial charge on any atom is 0.459 e. The van der Waals surface area contributed by atoms with Crippen molar-refractivity contribution < 1.29 is 42.6 Å². The zero-order valence-corrected chi connectivity index (χ0v) is 19.3. The molecule has 11 nitrogen and oxygen atoms in total. The van der Waals surface area contributed by atoms with Crippen LogP contribution in [0.1, 0.15) is 19.8 Å². The maximum absolute atomic E-state index is 13.5. The number of aliphatic hydroxyl groups is 1. The Bertz CT molecular complexity index is 1020. The molecule has 0 bridgehead atoms. The van der Waals surface area contributed by atoms with E-state index in [4.69, 9.17) is 24.9 Å². The fraction of sp³-hybridized carbons (Fsp3) is 0.409. The minimum atomic E-state index is -4.17. The van der Waals surface area contributed by atoms with Crippen molar-refractivity contribution in [1.29, 1.82) is 0 Å². The number of para-hydroxylation sites is 1. The van der Waals surface area contributed by atoms with Crippen molar-refractivity contribution in [2.45, 2.75) is 44.2 Å². The number of ether oxygens (including phenoxy) is 2. The number of allylic oxidation sites excluding steroid dienone is 1. The van der Waals surface area contributed by atoms with Gasteiger partial charge < -0.3 is 19.1 Å². The van der Waals surface area contributed by atoms with Gasteiger partial charge in [0.1, 0.15) is 24.1 Å². The highest BCUT2D eigenvalue weighted by molar-refractivity contribution is 7.52. The molecule has 0 unspecified atom stereocenters. The number of hydrogen-bond acceptors (Lipinski definition) is 9. The summed E-state index contributed by atoms with van der Waals surface area (Å²) in [5.74, 6) is 0.835. The summed E-state index contributed by atoms with van der Waals surface area (Å²) in [4.78, 5) is 36.8. The van der Waals surface area contributed by atoms with E-state index in [0.29, 0.717) is 0 Å². The zero-order valence-electron chi connectivity index (χ0n) is 18.4. The summed E-state index contributed by atoms with van der Waals surface area (Å²) < 4.78 is 35.0. The van der Waals surface area contributed by atoms with Crippen molar-refractivity contribution >= 4 is 25.4 Å². The number of benzene rings is 1. The van der Waals surface area contributed by atoms with Crippen molar-refractivity contribution in [2.24, 2.45) is 0 Å². The number of terminal acetylenes is 1. The molecule has 1 aromatic carbocycles.